The molecule has 0 amide bonds. The molecular weight excluding hydrogens is 256 g/mol. The van der Waals surface area contributed by atoms with Crippen molar-refractivity contribution in [1.29, 1.82) is 0 Å². The van der Waals surface area contributed by atoms with Gasteiger partial charge >= 0.3 is 0 Å². The minimum atomic E-state index is 0.743. The maximum Gasteiger partial charge on any atom is 0.126 e. The van der Waals surface area contributed by atoms with Crippen molar-refractivity contribution in [2.75, 3.05) is 20.8 Å². The molecule has 0 fully saturated rings. The Hall–Kier alpha value is -0.800. The van der Waals surface area contributed by atoms with Gasteiger partial charge in [0.05, 0.1) is 7.11 Å². The van der Waals surface area contributed by atoms with Crippen molar-refractivity contribution in [3.8, 4) is 5.75 Å². The van der Waals surface area contributed by atoms with Gasteiger partial charge in [-0.25, -0.2) is 0 Å². The number of hydrogen-bond donors (Lipinski definition) is 0. The van der Waals surface area contributed by atoms with Gasteiger partial charge in [0.1, 0.15) is 5.75 Å². The molecule has 0 aliphatic carbocycles. The quantitative estimate of drug-likeness (QED) is 0.763. The summed E-state index contributed by atoms with van der Waals surface area (Å²) in [5.41, 5.74) is 1.07. The Labute approximate surface area is 99.0 Å². The number of rotatable bonds is 5. The second kappa shape index (κ2) is 6.64. The zero-order chi connectivity index (χ0) is 11.1. The molecular formula is C12H15BrO2. The summed E-state index contributed by atoms with van der Waals surface area (Å²) in [6, 6.07) is 5.94. The Morgan fingerprint density at radius 3 is 2.80 bits per heavy atom. The lowest BCUT2D eigenvalue weighted by molar-refractivity contribution is 0.204. The van der Waals surface area contributed by atoms with Crippen LogP contribution in [0, 0.1) is 0 Å². The van der Waals surface area contributed by atoms with Crippen LogP contribution >= 0.6 is 15.9 Å². The highest BCUT2D eigenvalue weighted by atomic mass is 79.9. The Balaban J connectivity index is 2.73. The summed E-state index contributed by atoms with van der Waals surface area (Å²) in [4.78, 5) is 0. The van der Waals surface area contributed by atoms with Gasteiger partial charge in [0.15, 0.2) is 0 Å². The van der Waals surface area contributed by atoms with Crippen LogP contribution in [0.15, 0.2) is 28.7 Å². The summed E-state index contributed by atoms with van der Waals surface area (Å²) in [7, 11) is 3.38. The van der Waals surface area contributed by atoms with Crippen molar-refractivity contribution in [2.24, 2.45) is 0 Å². The van der Waals surface area contributed by atoms with Crippen LogP contribution in [0.5, 0.6) is 5.75 Å². The molecule has 1 aromatic rings. The third-order valence-corrected chi connectivity index (χ3v) is 2.47. The summed E-state index contributed by atoms with van der Waals surface area (Å²) in [6.07, 6.45) is 5.03. The van der Waals surface area contributed by atoms with Gasteiger partial charge in [0, 0.05) is 23.8 Å². The van der Waals surface area contributed by atoms with Gasteiger partial charge < -0.3 is 9.47 Å². The van der Waals surface area contributed by atoms with Crippen molar-refractivity contribution in [1.82, 2.24) is 0 Å². The lowest BCUT2D eigenvalue weighted by Crippen LogP contribution is -1.87. The lowest BCUT2D eigenvalue weighted by atomic mass is 10.2. The minimum Gasteiger partial charge on any atom is -0.496 e. The van der Waals surface area contributed by atoms with Gasteiger partial charge in [-0.1, -0.05) is 28.1 Å². The lowest BCUT2D eigenvalue weighted by Gasteiger charge is -2.04. The highest BCUT2D eigenvalue weighted by Crippen LogP contribution is 2.24. The number of methoxy groups -OCH3 is 2. The second-order valence-electron chi connectivity index (χ2n) is 3.07. The molecule has 15 heavy (non-hydrogen) atoms. The average molecular weight is 271 g/mol. The second-order valence-corrected chi connectivity index (χ2v) is 3.99. The van der Waals surface area contributed by atoms with Crippen LogP contribution in [-0.4, -0.2) is 20.8 Å². The maximum atomic E-state index is 5.25. The number of halogens is 1. The van der Waals surface area contributed by atoms with E-state index in [0.29, 0.717) is 0 Å². The zero-order valence-electron chi connectivity index (χ0n) is 9.00. The largest absolute Gasteiger partial charge is 0.496 e. The molecule has 1 aromatic carbocycles. The van der Waals surface area contributed by atoms with Gasteiger partial charge in [-0.2, -0.15) is 0 Å². The molecule has 0 unspecified atom stereocenters. The molecule has 0 spiro atoms. The molecule has 0 radical (unpaired) electrons. The molecule has 0 bridgehead atoms. The van der Waals surface area contributed by atoms with E-state index in [1.165, 1.54) is 0 Å². The molecule has 0 N–H and O–H groups in total. The van der Waals surface area contributed by atoms with E-state index in [9.17, 15) is 0 Å². The zero-order valence-corrected chi connectivity index (χ0v) is 10.6. The Kier molecular flexibility index (Phi) is 5.43. The predicted molar refractivity (Wildman–Crippen MR) is 66.2 cm³/mol. The van der Waals surface area contributed by atoms with Crippen LogP contribution in [0.1, 0.15) is 12.0 Å². The highest BCUT2D eigenvalue weighted by molar-refractivity contribution is 9.10. The number of hydrogen-bond acceptors (Lipinski definition) is 2. The van der Waals surface area contributed by atoms with Crippen LogP contribution in [0.4, 0.5) is 0 Å². The summed E-state index contributed by atoms with van der Waals surface area (Å²) in [6.45, 7) is 0.743. The fourth-order valence-electron chi connectivity index (χ4n) is 1.23. The standard InChI is InChI=1S/C12H15BrO2/c1-14-8-4-3-5-10-9-11(13)6-7-12(10)15-2/h3,5-7,9H,4,8H2,1-2H3/b5-3+. The third kappa shape index (κ3) is 4.06. The molecule has 1 rings (SSSR count). The SMILES string of the molecule is COCC/C=C/c1cc(Br)ccc1OC. The molecule has 0 aromatic heterocycles. The summed E-state index contributed by atoms with van der Waals surface area (Å²) in [5.74, 6) is 0.881. The summed E-state index contributed by atoms with van der Waals surface area (Å²) < 4.78 is 11.3. The first kappa shape index (κ1) is 12.3. The van der Waals surface area contributed by atoms with Gasteiger partial charge in [-0.3, -0.25) is 0 Å². The minimum absolute atomic E-state index is 0.743. The van der Waals surface area contributed by atoms with Crippen molar-refractivity contribution >= 4 is 22.0 Å². The van der Waals surface area contributed by atoms with Gasteiger partial charge in [0.25, 0.3) is 0 Å². The number of benzene rings is 1. The van der Waals surface area contributed by atoms with E-state index in [1.807, 2.05) is 24.3 Å². The van der Waals surface area contributed by atoms with E-state index >= 15 is 0 Å². The van der Waals surface area contributed by atoms with E-state index in [4.69, 9.17) is 9.47 Å². The summed E-state index contributed by atoms with van der Waals surface area (Å²) in [5, 5.41) is 0. The molecule has 3 heteroatoms. The van der Waals surface area contributed by atoms with Crippen LogP contribution in [0.25, 0.3) is 6.08 Å². The van der Waals surface area contributed by atoms with Gasteiger partial charge in [-0.05, 0) is 24.6 Å². The normalized spacial score (nSPS) is 10.9. The van der Waals surface area contributed by atoms with E-state index in [2.05, 4.69) is 22.0 Å². The Bertz CT molecular complexity index is 334. The molecule has 0 aliphatic rings. The first-order chi connectivity index (χ1) is 7.27. The van der Waals surface area contributed by atoms with Crippen LogP contribution in [-0.2, 0) is 4.74 Å². The predicted octanol–water partition coefficient (Wildman–Crippen LogP) is 3.51. The molecule has 2 nitrogen and oxygen atoms in total. The van der Waals surface area contributed by atoms with E-state index in [-0.39, 0.29) is 0 Å². The Morgan fingerprint density at radius 2 is 2.13 bits per heavy atom. The maximum absolute atomic E-state index is 5.25. The van der Waals surface area contributed by atoms with Crippen molar-refractivity contribution in [3.63, 3.8) is 0 Å². The topological polar surface area (TPSA) is 18.5 Å². The third-order valence-electron chi connectivity index (χ3n) is 1.98. The Morgan fingerprint density at radius 1 is 1.33 bits per heavy atom. The molecule has 0 heterocycles. The van der Waals surface area contributed by atoms with Crippen molar-refractivity contribution in [2.45, 2.75) is 6.42 Å². The first-order valence-corrected chi connectivity index (χ1v) is 5.56. The van der Waals surface area contributed by atoms with Gasteiger partial charge in [0.2, 0.25) is 0 Å². The van der Waals surface area contributed by atoms with Gasteiger partial charge in [-0.15, -0.1) is 0 Å². The molecule has 0 aliphatic heterocycles. The molecule has 0 atom stereocenters. The monoisotopic (exact) mass is 270 g/mol. The fraction of sp³-hybridized carbons (Fsp3) is 0.333. The van der Waals surface area contributed by atoms with Crippen LogP contribution in [0.3, 0.4) is 0 Å². The first-order valence-electron chi connectivity index (χ1n) is 4.77. The summed E-state index contributed by atoms with van der Waals surface area (Å²) >= 11 is 3.43. The van der Waals surface area contributed by atoms with E-state index < -0.39 is 0 Å². The van der Waals surface area contributed by atoms with Crippen LogP contribution in [0.2, 0.25) is 0 Å². The molecule has 82 valence electrons. The van der Waals surface area contributed by atoms with Crippen LogP contribution < -0.4 is 4.74 Å². The highest BCUT2D eigenvalue weighted by Gasteiger charge is 1.99. The van der Waals surface area contributed by atoms with Crippen molar-refractivity contribution < 1.29 is 9.47 Å². The molecule has 0 saturated carbocycles. The molecule has 0 saturated heterocycles. The van der Waals surface area contributed by atoms with E-state index in [1.54, 1.807) is 14.2 Å². The number of ether oxygens (including phenoxy) is 2. The smallest absolute Gasteiger partial charge is 0.126 e. The average Bonchev–Trinajstić information content (AvgIpc) is 2.25. The van der Waals surface area contributed by atoms with E-state index in [0.717, 1.165) is 28.8 Å². The van der Waals surface area contributed by atoms with Crippen molar-refractivity contribution in [3.05, 3.63) is 34.3 Å². The fourth-order valence-corrected chi connectivity index (χ4v) is 1.61.